The summed E-state index contributed by atoms with van der Waals surface area (Å²) in [5.41, 5.74) is 4.04. The summed E-state index contributed by atoms with van der Waals surface area (Å²) in [4.78, 5) is 24.5. The minimum absolute atomic E-state index is 0.0821. The summed E-state index contributed by atoms with van der Waals surface area (Å²) in [6.07, 6.45) is 1.75. The number of halogens is 1. The number of carbonyl (C=O) groups excluding carboxylic acids is 1. The molecule has 156 valence electrons. The lowest BCUT2D eigenvalue weighted by Crippen LogP contribution is -2.34. The Morgan fingerprint density at radius 3 is 2.70 bits per heavy atom. The second-order valence-electron chi connectivity index (χ2n) is 8.49. The third-order valence-corrected chi connectivity index (χ3v) is 5.08. The van der Waals surface area contributed by atoms with Gasteiger partial charge >= 0.3 is 0 Å². The van der Waals surface area contributed by atoms with Gasteiger partial charge in [0.1, 0.15) is 17.0 Å². The number of aryl methyl sites for hydroxylation is 1. The second kappa shape index (κ2) is 7.12. The molecule has 0 unspecified atom stereocenters. The molecule has 8 heteroatoms. The summed E-state index contributed by atoms with van der Waals surface area (Å²) in [6.45, 7) is 5.79. The van der Waals surface area contributed by atoms with Crippen molar-refractivity contribution < 1.29 is 9.18 Å². The topological polar surface area (TPSA) is 87.6 Å². The van der Waals surface area contributed by atoms with Crippen LogP contribution >= 0.6 is 0 Å². The molecule has 30 heavy (non-hydrogen) atoms. The molecule has 0 saturated heterocycles. The van der Waals surface area contributed by atoms with Crippen molar-refractivity contribution >= 4 is 33.8 Å². The first-order chi connectivity index (χ1) is 14.2. The highest BCUT2D eigenvalue weighted by Gasteiger charge is 2.21. The van der Waals surface area contributed by atoms with Gasteiger partial charge in [-0.15, -0.1) is 0 Å². The molecule has 0 radical (unpaired) electrons. The van der Waals surface area contributed by atoms with E-state index in [2.05, 4.69) is 25.6 Å². The number of anilines is 1. The normalized spacial score (nSPS) is 11.9. The zero-order valence-corrected chi connectivity index (χ0v) is 17.7. The van der Waals surface area contributed by atoms with Gasteiger partial charge in [0.05, 0.1) is 11.8 Å². The Labute approximate surface area is 173 Å². The van der Waals surface area contributed by atoms with Crippen LogP contribution < -0.4 is 10.6 Å². The molecule has 1 amide bonds. The molecule has 0 atom stereocenters. The summed E-state index contributed by atoms with van der Waals surface area (Å²) in [6, 6.07) is 6.74. The smallest absolute Gasteiger partial charge is 0.225 e. The third-order valence-electron chi connectivity index (χ3n) is 5.08. The van der Waals surface area contributed by atoms with E-state index in [4.69, 9.17) is 0 Å². The molecule has 3 aromatic heterocycles. The van der Waals surface area contributed by atoms with Crippen molar-refractivity contribution in [2.24, 2.45) is 12.5 Å². The number of rotatable bonds is 4. The molecule has 0 aliphatic carbocycles. The molecule has 4 aromatic rings. The fraction of sp³-hybridized carbons (Fsp3) is 0.318. The Hall–Kier alpha value is -3.42. The Kier molecular flexibility index (Phi) is 4.72. The predicted molar refractivity (Wildman–Crippen MR) is 117 cm³/mol. The number of aromatic nitrogens is 4. The lowest BCUT2D eigenvalue weighted by atomic mass is 9.95. The lowest BCUT2D eigenvalue weighted by molar-refractivity contribution is -0.128. The monoisotopic (exact) mass is 408 g/mol. The van der Waals surface area contributed by atoms with Crippen LogP contribution in [-0.2, 0) is 18.4 Å². The van der Waals surface area contributed by atoms with Crippen LogP contribution in [0.25, 0.3) is 33.3 Å². The van der Waals surface area contributed by atoms with Crippen LogP contribution in [0, 0.1) is 11.2 Å². The van der Waals surface area contributed by atoms with Crippen LogP contribution in [0.5, 0.6) is 0 Å². The average Bonchev–Trinajstić information content (AvgIpc) is 3.27. The zero-order chi connectivity index (χ0) is 21.6. The van der Waals surface area contributed by atoms with Gasteiger partial charge in [0.15, 0.2) is 5.82 Å². The largest absolute Gasteiger partial charge is 0.371 e. The summed E-state index contributed by atoms with van der Waals surface area (Å²) in [5, 5.41) is 6.85. The predicted octanol–water partition coefficient (Wildman–Crippen LogP) is 3.96. The van der Waals surface area contributed by atoms with Crippen LogP contribution in [-0.4, -0.2) is 32.5 Å². The first kappa shape index (κ1) is 19.9. The number of imidazole rings is 1. The number of benzene rings is 1. The highest BCUT2D eigenvalue weighted by molar-refractivity contribution is 6.07. The molecule has 0 saturated carbocycles. The number of nitrogens with zero attached hydrogens (tertiary/aromatic N) is 3. The van der Waals surface area contributed by atoms with Crippen LogP contribution in [0.3, 0.4) is 0 Å². The van der Waals surface area contributed by atoms with Crippen LogP contribution in [0.15, 0.2) is 30.6 Å². The summed E-state index contributed by atoms with van der Waals surface area (Å²) in [7, 11) is 3.73. The molecule has 4 rings (SSSR count). The van der Waals surface area contributed by atoms with Crippen molar-refractivity contribution in [3.63, 3.8) is 0 Å². The number of carbonyl (C=O) groups is 1. The quantitative estimate of drug-likeness (QED) is 0.477. The van der Waals surface area contributed by atoms with Crippen molar-refractivity contribution in [3.8, 4) is 11.3 Å². The molecule has 3 N–H and O–H groups in total. The lowest BCUT2D eigenvalue weighted by Gasteiger charge is -2.17. The molecule has 0 fully saturated rings. The van der Waals surface area contributed by atoms with Gasteiger partial charge in [-0.3, -0.25) is 4.79 Å². The van der Waals surface area contributed by atoms with Gasteiger partial charge < -0.3 is 20.2 Å². The van der Waals surface area contributed by atoms with E-state index in [1.165, 1.54) is 12.1 Å². The molecule has 0 spiro atoms. The Balaban J connectivity index is 1.75. The van der Waals surface area contributed by atoms with Crippen molar-refractivity contribution in [1.82, 2.24) is 24.8 Å². The van der Waals surface area contributed by atoms with Crippen molar-refractivity contribution in [2.75, 3.05) is 12.4 Å². The van der Waals surface area contributed by atoms with Crippen molar-refractivity contribution in [3.05, 3.63) is 42.0 Å². The number of amides is 1. The van der Waals surface area contributed by atoms with Crippen molar-refractivity contribution in [1.29, 1.82) is 0 Å². The number of H-pyrrole nitrogens is 1. The first-order valence-electron chi connectivity index (χ1n) is 9.77. The maximum Gasteiger partial charge on any atom is 0.225 e. The fourth-order valence-corrected chi connectivity index (χ4v) is 3.48. The number of nitrogens with one attached hydrogen (secondary N) is 3. The van der Waals surface area contributed by atoms with Gasteiger partial charge in [-0.2, -0.15) is 0 Å². The number of fused-ring (bicyclic) bond motifs is 3. The van der Waals surface area contributed by atoms with Gasteiger partial charge in [0.2, 0.25) is 5.91 Å². The fourth-order valence-electron chi connectivity index (χ4n) is 3.48. The van der Waals surface area contributed by atoms with Gasteiger partial charge in [0.25, 0.3) is 0 Å². The Bertz CT molecular complexity index is 1260. The second-order valence-corrected chi connectivity index (χ2v) is 8.49. The molecule has 0 aliphatic heterocycles. The van der Waals surface area contributed by atoms with E-state index < -0.39 is 5.41 Å². The van der Waals surface area contributed by atoms with Crippen LogP contribution in [0.1, 0.15) is 26.3 Å². The highest BCUT2D eigenvalue weighted by atomic mass is 19.1. The van der Waals surface area contributed by atoms with Gasteiger partial charge in [0, 0.05) is 42.7 Å². The number of hydrogen-bond acceptors (Lipinski definition) is 4. The Morgan fingerprint density at radius 1 is 1.23 bits per heavy atom. The van der Waals surface area contributed by atoms with Crippen LogP contribution in [0.2, 0.25) is 0 Å². The van der Waals surface area contributed by atoms with E-state index in [1.807, 2.05) is 44.5 Å². The van der Waals surface area contributed by atoms with E-state index in [0.29, 0.717) is 22.6 Å². The summed E-state index contributed by atoms with van der Waals surface area (Å²) in [5.74, 6) is 0.235. The maximum atomic E-state index is 14.3. The maximum absolute atomic E-state index is 14.3. The van der Waals surface area contributed by atoms with Crippen molar-refractivity contribution in [2.45, 2.75) is 27.3 Å². The molecule has 0 aliphatic rings. The molecule has 3 heterocycles. The average molecular weight is 408 g/mol. The van der Waals surface area contributed by atoms with E-state index in [-0.39, 0.29) is 18.3 Å². The molecular formula is C22H25FN6O. The van der Waals surface area contributed by atoms with Gasteiger partial charge in [-0.05, 0) is 29.8 Å². The molecule has 1 aromatic carbocycles. The molecular weight excluding hydrogens is 383 g/mol. The summed E-state index contributed by atoms with van der Waals surface area (Å²) < 4.78 is 16.3. The van der Waals surface area contributed by atoms with E-state index in [9.17, 15) is 9.18 Å². The SMILES string of the molecule is CNc1nc2[nH]c(-c3cc(F)cc(CNC(=O)C(C)(C)C)c3)cc2c2c1ncn2C. The van der Waals surface area contributed by atoms with Gasteiger partial charge in [-0.1, -0.05) is 20.8 Å². The van der Waals surface area contributed by atoms with E-state index >= 15 is 0 Å². The molecule has 7 nitrogen and oxygen atoms in total. The summed E-state index contributed by atoms with van der Waals surface area (Å²) >= 11 is 0. The minimum atomic E-state index is -0.501. The number of hydrogen-bond donors (Lipinski definition) is 3. The standard InChI is InChI=1S/C22H25FN6O/c1-22(2,3)21(30)25-10-12-6-13(8-14(23)7-12)16-9-15-18-17(26-11-29(18)5)20(24-4)28-19(15)27-16/h6-9,11H,10H2,1-5H3,(H,25,30)(H2,24,27,28). The number of pyridine rings is 1. The van der Waals surface area contributed by atoms with E-state index in [0.717, 1.165) is 22.1 Å². The minimum Gasteiger partial charge on any atom is -0.371 e. The van der Waals surface area contributed by atoms with Gasteiger partial charge in [-0.25, -0.2) is 14.4 Å². The van der Waals surface area contributed by atoms with Crippen LogP contribution in [0.4, 0.5) is 10.2 Å². The first-order valence-corrected chi connectivity index (χ1v) is 9.77. The Morgan fingerprint density at radius 2 is 2.00 bits per heavy atom. The molecule has 0 bridgehead atoms. The highest BCUT2D eigenvalue weighted by Crippen LogP contribution is 2.32. The third kappa shape index (κ3) is 3.49. The zero-order valence-electron chi connectivity index (χ0n) is 17.7. The number of aromatic amines is 1. The van der Waals surface area contributed by atoms with E-state index in [1.54, 1.807) is 13.4 Å².